The lowest BCUT2D eigenvalue weighted by molar-refractivity contribution is -0.133. The predicted octanol–water partition coefficient (Wildman–Crippen LogP) is 3.05. The van der Waals surface area contributed by atoms with Crippen LogP contribution in [-0.4, -0.2) is 54.3 Å². The lowest BCUT2D eigenvalue weighted by atomic mass is 9.93. The summed E-state index contributed by atoms with van der Waals surface area (Å²) in [5.41, 5.74) is 0.904. The van der Waals surface area contributed by atoms with Crippen LogP contribution in [0.2, 0.25) is 0 Å². The Hall–Kier alpha value is -2.13. The van der Waals surface area contributed by atoms with Crippen molar-refractivity contribution in [2.75, 3.05) is 26.2 Å². The molecule has 0 radical (unpaired) electrons. The van der Waals surface area contributed by atoms with Crippen LogP contribution in [0.15, 0.2) is 32.3 Å². The molecule has 3 heterocycles. The number of fused-ring (bicyclic) bond motifs is 1. The van der Waals surface area contributed by atoms with E-state index in [1.165, 1.54) is 14.9 Å². The first-order valence-corrected chi connectivity index (χ1v) is 13.1. The second-order valence-electron chi connectivity index (χ2n) is 9.26. The van der Waals surface area contributed by atoms with Crippen molar-refractivity contribution in [2.24, 2.45) is 11.8 Å². The summed E-state index contributed by atoms with van der Waals surface area (Å²) in [6.45, 7) is 7.20. The maximum Gasteiger partial charge on any atom is 0.419 e. The standard InChI is InChI=1S/C23H33N3O5S/c1-3-10-26-20-5-4-19(16-21(20)31-23(26)28)32(29,30)25-13-8-18(9-14-25)15-22(27)24-11-6-17(2)7-12-24/h4-5,16-18H,3,6-15H2,1-2H3. The second kappa shape index (κ2) is 9.39. The van der Waals surface area contributed by atoms with E-state index in [1.807, 2.05) is 11.8 Å². The van der Waals surface area contributed by atoms with Crippen LogP contribution in [0, 0.1) is 11.8 Å². The molecule has 9 heteroatoms. The number of oxazole rings is 1. The van der Waals surface area contributed by atoms with E-state index in [1.54, 1.807) is 12.1 Å². The number of hydrogen-bond acceptors (Lipinski definition) is 5. The van der Waals surface area contributed by atoms with Crippen LogP contribution in [0.4, 0.5) is 0 Å². The zero-order valence-corrected chi connectivity index (χ0v) is 19.8. The average molecular weight is 464 g/mol. The number of aryl methyl sites for hydroxylation is 1. The summed E-state index contributed by atoms with van der Waals surface area (Å²) >= 11 is 0. The smallest absolute Gasteiger partial charge is 0.408 e. The zero-order valence-electron chi connectivity index (χ0n) is 19.0. The van der Waals surface area contributed by atoms with Crippen molar-refractivity contribution in [3.63, 3.8) is 0 Å². The SMILES string of the molecule is CCCn1c(=O)oc2cc(S(=O)(=O)N3CCC(CC(=O)N4CCC(C)CC4)CC3)ccc21. The fourth-order valence-corrected chi connectivity index (χ4v) is 6.27. The molecule has 0 saturated carbocycles. The van der Waals surface area contributed by atoms with E-state index >= 15 is 0 Å². The summed E-state index contributed by atoms with van der Waals surface area (Å²) in [5, 5.41) is 0. The van der Waals surface area contributed by atoms with Gasteiger partial charge in [-0.05, 0) is 56.1 Å². The Bertz CT molecular complexity index is 1120. The molecule has 2 saturated heterocycles. The van der Waals surface area contributed by atoms with E-state index < -0.39 is 15.8 Å². The first-order chi connectivity index (χ1) is 15.3. The van der Waals surface area contributed by atoms with Gasteiger partial charge in [0, 0.05) is 45.2 Å². The number of rotatable bonds is 6. The molecule has 176 valence electrons. The van der Waals surface area contributed by atoms with Gasteiger partial charge in [-0.15, -0.1) is 0 Å². The molecular formula is C23H33N3O5S. The average Bonchev–Trinajstić information content (AvgIpc) is 3.09. The maximum atomic E-state index is 13.2. The molecule has 1 amide bonds. The number of carbonyl (C=O) groups is 1. The van der Waals surface area contributed by atoms with Gasteiger partial charge in [0.1, 0.15) is 0 Å². The summed E-state index contributed by atoms with van der Waals surface area (Å²) in [4.78, 5) is 26.8. The Morgan fingerprint density at radius 1 is 1.09 bits per heavy atom. The highest BCUT2D eigenvalue weighted by molar-refractivity contribution is 7.89. The minimum absolute atomic E-state index is 0.138. The van der Waals surface area contributed by atoms with Crippen LogP contribution in [0.25, 0.3) is 11.1 Å². The van der Waals surface area contributed by atoms with Crippen LogP contribution < -0.4 is 5.76 Å². The molecule has 0 aliphatic carbocycles. The minimum atomic E-state index is -3.68. The number of aromatic nitrogens is 1. The molecule has 32 heavy (non-hydrogen) atoms. The number of likely N-dealkylation sites (tertiary alicyclic amines) is 1. The summed E-state index contributed by atoms with van der Waals surface area (Å²) < 4.78 is 34.7. The molecule has 0 N–H and O–H groups in total. The summed E-state index contributed by atoms with van der Waals surface area (Å²) in [7, 11) is -3.68. The Balaban J connectivity index is 1.39. The quantitative estimate of drug-likeness (QED) is 0.656. The lowest BCUT2D eigenvalue weighted by Crippen LogP contribution is -2.42. The molecule has 8 nitrogen and oxygen atoms in total. The van der Waals surface area contributed by atoms with Crippen LogP contribution in [-0.2, 0) is 21.4 Å². The zero-order chi connectivity index (χ0) is 22.9. The third-order valence-corrected chi connectivity index (χ3v) is 8.79. The Labute approximate surface area is 189 Å². The first kappa shape index (κ1) is 23.0. The van der Waals surface area contributed by atoms with E-state index in [9.17, 15) is 18.0 Å². The molecule has 4 rings (SSSR count). The summed E-state index contributed by atoms with van der Waals surface area (Å²) in [6, 6.07) is 4.64. The minimum Gasteiger partial charge on any atom is -0.408 e. The van der Waals surface area contributed by atoms with E-state index in [2.05, 4.69) is 6.92 Å². The van der Waals surface area contributed by atoms with Gasteiger partial charge in [-0.3, -0.25) is 9.36 Å². The van der Waals surface area contributed by atoms with E-state index in [-0.39, 0.29) is 16.7 Å². The van der Waals surface area contributed by atoms with E-state index in [0.717, 1.165) is 32.4 Å². The van der Waals surface area contributed by atoms with Gasteiger partial charge in [-0.1, -0.05) is 13.8 Å². The molecular weight excluding hydrogens is 430 g/mol. The number of sulfonamides is 1. The fourth-order valence-electron chi connectivity index (χ4n) is 4.78. The van der Waals surface area contributed by atoms with Crippen LogP contribution in [0.1, 0.15) is 52.4 Å². The number of carbonyl (C=O) groups excluding carboxylic acids is 1. The third-order valence-electron chi connectivity index (χ3n) is 6.90. The first-order valence-electron chi connectivity index (χ1n) is 11.7. The van der Waals surface area contributed by atoms with Crippen molar-refractivity contribution in [1.82, 2.24) is 13.8 Å². The largest absolute Gasteiger partial charge is 0.419 e. The number of hydrogen-bond donors (Lipinski definition) is 0. The normalized spacial score (nSPS) is 19.6. The van der Waals surface area contributed by atoms with Gasteiger partial charge in [0.15, 0.2) is 5.58 Å². The van der Waals surface area contributed by atoms with Crippen molar-refractivity contribution in [2.45, 2.75) is 63.8 Å². The van der Waals surface area contributed by atoms with Gasteiger partial charge < -0.3 is 9.32 Å². The molecule has 2 aliphatic heterocycles. The molecule has 1 aromatic carbocycles. The molecule has 2 aromatic rings. The van der Waals surface area contributed by atoms with Crippen molar-refractivity contribution in [3.05, 3.63) is 28.7 Å². The Morgan fingerprint density at radius 3 is 2.44 bits per heavy atom. The van der Waals surface area contributed by atoms with E-state index in [4.69, 9.17) is 4.42 Å². The molecule has 0 atom stereocenters. The summed E-state index contributed by atoms with van der Waals surface area (Å²) in [6.07, 6.45) is 4.77. The van der Waals surface area contributed by atoms with Gasteiger partial charge in [0.25, 0.3) is 0 Å². The van der Waals surface area contributed by atoms with Gasteiger partial charge in [-0.2, -0.15) is 4.31 Å². The Morgan fingerprint density at radius 2 is 1.78 bits per heavy atom. The van der Waals surface area contributed by atoms with Crippen molar-refractivity contribution >= 4 is 27.0 Å². The predicted molar refractivity (Wildman–Crippen MR) is 122 cm³/mol. The molecule has 1 aromatic heterocycles. The number of amides is 1. The van der Waals surface area contributed by atoms with Gasteiger partial charge in [0.2, 0.25) is 15.9 Å². The third kappa shape index (κ3) is 4.64. The van der Waals surface area contributed by atoms with Crippen molar-refractivity contribution < 1.29 is 17.6 Å². The highest BCUT2D eigenvalue weighted by Gasteiger charge is 2.32. The highest BCUT2D eigenvalue weighted by Crippen LogP contribution is 2.28. The van der Waals surface area contributed by atoms with Crippen molar-refractivity contribution in [1.29, 1.82) is 0 Å². The molecule has 2 aliphatic rings. The molecule has 0 bridgehead atoms. The summed E-state index contributed by atoms with van der Waals surface area (Å²) in [5.74, 6) is 0.641. The molecule has 0 unspecified atom stereocenters. The van der Waals surface area contributed by atoms with E-state index in [0.29, 0.717) is 55.9 Å². The maximum absolute atomic E-state index is 13.2. The monoisotopic (exact) mass is 463 g/mol. The van der Waals surface area contributed by atoms with Crippen LogP contribution in [0.5, 0.6) is 0 Å². The topological polar surface area (TPSA) is 92.8 Å². The van der Waals surface area contributed by atoms with Gasteiger partial charge >= 0.3 is 5.76 Å². The van der Waals surface area contributed by atoms with Crippen LogP contribution in [0.3, 0.4) is 0 Å². The van der Waals surface area contributed by atoms with Crippen LogP contribution >= 0.6 is 0 Å². The number of piperidine rings is 2. The number of nitrogens with zero attached hydrogens (tertiary/aromatic N) is 3. The highest BCUT2D eigenvalue weighted by atomic mass is 32.2. The van der Waals surface area contributed by atoms with Gasteiger partial charge in [-0.25, -0.2) is 13.2 Å². The Kier molecular flexibility index (Phi) is 6.76. The number of benzene rings is 1. The van der Waals surface area contributed by atoms with Crippen molar-refractivity contribution in [3.8, 4) is 0 Å². The lowest BCUT2D eigenvalue weighted by Gasteiger charge is -2.34. The molecule has 0 spiro atoms. The second-order valence-corrected chi connectivity index (χ2v) is 11.2. The fraction of sp³-hybridized carbons (Fsp3) is 0.652. The van der Waals surface area contributed by atoms with Gasteiger partial charge in [0.05, 0.1) is 10.4 Å². The molecule has 2 fully saturated rings.